The first-order chi connectivity index (χ1) is 7.24. The Morgan fingerprint density at radius 2 is 1.87 bits per heavy atom. The van der Waals surface area contributed by atoms with Gasteiger partial charge in [0, 0.05) is 34.4 Å². The van der Waals surface area contributed by atoms with Gasteiger partial charge in [-0.2, -0.15) is 0 Å². The van der Waals surface area contributed by atoms with Crippen molar-refractivity contribution in [1.29, 1.82) is 0 Å². The lowest BCUT2D eigenvalue weighted by Crippen LogP contribution is -2.44. The van der Waals surface area contributed by atoms with Gasteiger partial charge in [0.2, 0.25) is 0 Å². The van der Waals surface area contributed by atoms with E-state index in [1.54, 1.807) is 0 Å². The van der Waals surface area contributed by atoms with Crippen LogP contribution in [0.2, 0.25) is 0 Å². The van der Waals surface area contributed by atoms with Gasteiger partial charge in [0.1, 0.15) is 0 Å². The van der Waals surface area contributed by atoms with E-state index in [4.69, 9.17) is 0 Å². The molecule has 0 aromatic heterocycles. The van der Waals surface area contributed by atoms with E-state index in [9.17, 15) is 0 Å². The zero-order valence-electron chi connectivity index (χ0n) is 8.86. The predicted molar refractivity (Wildman–Crippen MR) is 71.3 cm³/mol. The van der Waals surface area contributed by atoms with Gasteiger partial charge < -0.3 is 4.90 Å². The van der Waals surface area contributed by atoms with Gasteiger partial charge in [0.15, 0.2) is 0 Å². The van der Waals surface area contributed by atoms with Crippen LogP contribution < -0.4 is 4.90 Å². The van der Waals surface area contributed by atoms with Crippen LogP contribution in [-0.4, -0.2) is 37.1 Å². The van der Waals surface area contributed by atoms with E-state index in [0.717, 1.165) is 12.1 Å². The van der Waals surface area contributed by atoms with E-state index in [0.29, 0.717) is 0 Å². The molecule has 80 valence electrons. The number of hydrogen-bond donors (Lipinski definition) is 0. The summed E-state index contributed by atoms with van der Waals surface area (Å²) in [4.78, 5) is 5.06. The summed E-state index contributed by atoms with van der Waals surface area (Å²) in [5.41, 5.74) is 1.40. The van der Waals surface area contributed by atoms with Gasteiger partial charge in [-0.05, 0) is 60.3 Å². The van der Waals surface area contributed by atoms with E-state index in [2.05, 4.69) is 63.7 Å². The van der Waals surface area contributed by atoms with Crippen molar-refractivity contribution in [2.24, 2.45) is 0 Å². The Balaban J connectivity index is 1.83. The van der Waals surface area contributed by atoms with Crippen molar-refractivity contribution in [3.63, 3.8) is 0 Å². The molecule has 0 saturated carbocycles. The Kier molecular flexibility index (Phi) is 2.39. The summed E-state index contributed by atoms with van der Waals surface area (Å²) in [5.74, 6) is 0. The number of halogens is 1. The molecule has 2 atom stereocenters. The number of piperazine rings is 1. The number of likely N-dealkylation sites (N-methyl/N-ethyl adjacent to an activating group) is 1. The van der Waals surface area contributed by atoms with E-state index in [-0.39, 0.29) is 0 Å². The summed E-state index contributed by atoms with van der Waals surface area (Å²) in [7, 11) is 2.25. The topological polar surface area (TPSA) is 6.48 Å². The average Bonchev–Trinajstić information content (AvgIpc) is 2.77. The first-order valence-electron chi connectivity index (χ1n) is 5.46. The molecule has 3 rings (SSSR count). The van der Waals surface area contributed by atoms with Crippen LogP contribution in [0.5, 0.6) is 0 Å². The molecule has 0 radical (unpaired) electrons. The fourth-order valence-electron chi connectivity index (χ4n) is 2.81. The smallest absolute Gasteiger partial charge is 0.0433 e. The summed E-state index contributed by atoms with van der Waals surface area (Å²) in [5, 5.41) is 0. The molecule has 3 heteroatoms. The minimum Gasteiger partial charge on any atom is -0.366 e. The standard InChI is InChI=1S/C12H15IN2/c1-14-7-12-6-11(14)8-15(12)10-4-2-9(13)3-5-10/h2-5,11-12H,6-8H2,1H3/t11-,12-/m0/s1. The molecular weight excluding hydrogens is 299 g/mol. The maximum Gasteiger partial charge on any atom is 0.0433 e. The molecule has 0 N–H and O–H groups in total. The Morgan fingerprint density at radius 3 is 2.40 bits per heavy atom. The Hall–Kier alpha value is -0.290. The highest BCUT2D eigenvalue weighted by atomic mass is 127. The fourth-order valence-corrected chi connectivity index (χ4v) is 3.17. The monoisotopic (exact) mass is 314 g/mol. The second-order valence-corrected chi connectivity index (χ2v) is 5.86. The third-order valence-corrected chi connectivity index (χ3v) is 4.39. The second-order valence-electron chi connectivity index (χ2n) is 4.61. The first kappa shape index (κ1) is 9.90. The fraction of sp³-hybridized carbons (Fsp3) is 0.500. The quantitative estimate of drug-likeness (QED) is 0.733. The lowest BCUT2D eigenvalue weighted by molar-refractivity contribution is 0.292. The van der Waals surface area contributed by atoms with Crippen molar-refractivity contribution in [1.82, 2.24) is 4.90 Å². The average molecular weight is 314 g/mol. The Labute approximate surface area is 104 Å². The summed E-state index contributed by atoms with van der Waals surface area (Å²) in [6.07, 6.45) is 1.35. The Morgan fingerprint density at radius 1 is 1.13 bits per heavy atom. The molecular formula is C12H15IN2. The molecule has 1 aromatic carbocycles. The highest BCUT2D eigenvalue weighted by Gasteiger charge is 2.41. The number of likely N-dealkylation sites (tertiary alicyclic amines) is 1. The van der Waals surface area contributed by atoms with Crippen LogP contribution >= 0.6 is 22.6 Å². The van der Waals surface area contributed by atoms with Crippen LogP contribution in [-0.2, 0) is 0 Å². The van der Waals surface area contributed by atoms with Crippen LogP contribution in [0.25, 0.3) is 0 Å². The lowest BCUT2D eigenvalue weighted by Gasteiger charge is -2.33. The molecule has 1 aromatic rings. The third-order valence-electron chi connectivity index (χ3n) is 3.67. The first-order valence-corrected chi connectivity index (χ1v) is 6.54. The SMILES string of the molecule is CN1C[C@@H]2C[C@H]1CN2c1ccc(I)cc1. The van der Waals surface area contributed by atoms with Gasteiger partial charge in [-0.1, -0.05) is 0 Å². The van der Waals surface area contributed by atoms with Crippen LogP contribution in [0.1, 0.15) is 6.42 Å². The van der Waals surface area contributed by atoms with Crippen molar-refractivity contribution in [3.05, 3.63) is 27.8 Å². The summed E-state index contributed by atoms with van der Waals surface area (Å²) in [6, 6.07) is 10.4. The van der Waals surface area contributed by atoms with Crippen molar-refractivity contribution >= 4 is 28.3 Å². The highest BCUT2D eigenvalue weighted by molar-refractivity contribution is 14.1. The molecule has 2 nitrogen and oxygen atoms in total. The summed E-state index contributed by atoms with van der Waals surface area (Å²) in [6.45, 7) is 2.44. The molecule has 2 heterocycles. The minimum absolute atomic E-state index is 0.750. The maximum atomic E-state index is 2.57. The van der Waals surface area contributed by atoms with Gasteiger partial charge in [-0.25, -0.2) is 0 Å². The molecule has 2 saturated heterocycles. The molecule has 0 aliphatic carbocycles. The summed E-state index contributed by atoms with van der Waals surface area (Å²) < 4.78 is 1.32. The number of anilines is 1. The normalized spacial score (nSPS) is 30.1. The van der Waals surface area contributed by atoms with E-state index < -0.39 is 0 Å². The molecule has 2 fully saturated rings. The molecule has 2 aliphatic heterocycles. The van der Waals surface area contributed by atoms with Crippen LogP contribution in [0.15, 0.2) is 24.3 Å². The van der Waals surface area contributed by atoms with Crippen molar-refractivity contribution < 1.29 is 0 Å². The zero-order chi connectivity index (χ0) is 10.4. The van der Waals surface area contributed by atoms with Gasteiger partial charge >= 0.3 is 0 Å². The number of rotatable bonds is 1. The van der Waals surface area contributed by atoms with Gasteiger partial charge in [-0.3, -0.25) is 4.90 Å². The van der Waals surface area contributed by atoms with E-state index in [1.165, 1.54) is 28.8 Å². The largest absolute Gasteiger partial charge is 0.366 e. The van der Waals surface area contributed by atoms with Crippen LogP contribution in [0.4, 0.5) is 5.69 Å². The van der Waals surface area contributed by atoms with E-state index in [1.807, 2.05) is 0 Å². The van der Waals surface area contributed by atoms with E-state index >= 15 is 0 Å². The molecule has 0 amide bonds. The molecule has 2 aliphatic rings. The van der Waals surface area contributed by atoms with Gasteiger partial charge in [0.25, 0.3) is 0 Å². The van der Waals surface area contributed by atoms with Gasteiger partial charge in [0.05, 0.1) is 0 Å². The highest BCUT2D eigenvalue weighted by Crippen LogP contribution is 2.33. The summed E-state index contributed by atoms with van der Waals surface area (Å²) >= 11 is 2.36. The number of benzene rings is 1. The zero-order valence-corrected chi connectivity index (χ0v) is 11.0. The van der Waals surface area contributed by atoms with Gasteiger partial charge in [-0.15, -0.1) is 0 Å². The third kappa shape index (κ3) is 1.65. The molecule has 15 heavy (non-hydrogen) atoms. The minimum atomic E-state index is 0.750. The molecule has 2 bridgehead atoms. The predicted octanol–water partition coefficient (Wildman–Crippen LogP) is 2.18. The number of fused-ring (bicyclic) bond motifs is 2. The second kappa shape index (κ2) is 3.63. The lowest BCUT2D eigenvalue weighted by atomic mass is 10.2. The van der Waals surface area contributed by atoms with Crippen molar-refractivity contribution in [2.45, 2.75) is 18.5 Å². The molecule has 0 spiro atoms. The van der Waals surface area contributed by atoms with Crippen LogP contribution in [0.3, 0.4) is 0 Å². The number of hydrogen-bond acceptors (Lipinski definition) is 2. The van der Waals surface area contributed by atoms with Crippen molar-refractivity contribution in [2.75, 3.05) is 25.0 Å². The molecule has 0 unspecified atom stereocenters. The maximum absolute atomic E-state index is 2.57. The Bertz CT molecular complexity index is 360. The number of nitrogens with zero attached hydrogens (tertiary/aromatic N) is 2. The van der Waals surface area contributed by atoms with Crippen molar-refractivity contribution in [3.8, 4) is 0 Å². The van der Waals surface area contributed by atoms with Crippen LogP contribution in [0, 0.1) is 3.57 Å².